The lowest BCUT2D eigenvalue weighted by Gasteiger charge is -2.13. The van der Waals surface area contributed by atoms with Gasteiger partial charge < -0.3 is 9.47 Å². The summed E-state index contributed by atoms with van der Waals surface area (Å²) >= 11 is 0. The second-order valence-corrected chi connectivity index (χ2v) is 5.51. The molecule has 112 valence electrons. The molecule has 0 atom stereocenters. The predicted molar refractivity (Wildman–Crippen MR) is 71.4 cm³/mol. The Bertz CT molecular complexity index is 599. The minimum Gasteiger partial charge on any atom is -0.492 e. The maximum absolute atomic E-state index is 11.5. The van der Waals surface area contributed by atoms with Gasteiger partial charge in [0.25, 0.3) is 5.69 Å². The molecule has 0 aliphatic carbocycles. The topological polar surface area (TPSA) is 122 Å². The van der Waals surface area contributed by atoms with Crippen molar-refractivity contribution in [2.45, 2.75) is 24.7 Å². The van der Waals surface area contributed by atoms with Crippen LogP contribution in [0.1, 0.15) is 19.8 Å². The molecule has 0 saturated carbocycles. The molecule has 0 bridgehead atoms. The fourth-order valence-electron chi connectivity index (χ4n) is 1.51. The van der Waals surface area contributed by atoms with E-state index in [1.807, 2.05) is 6.92 Å². The summed E-state index contributed by atoms with van der Waals surface area (Å²) in [5.41, 5.74) is -0.429. The van der Waals surface area contributed by atoms with Crippen LogP contribution in [0.5, 0.6) is 11.5 Å². The van der Waals surface area contributed by atoms with Gasteiger partial charge in [-0.3, -0.25) is 10.1 Å². The Kier molecular flexibility index (Phi) is 5.28. The Morgan fingerprint density at radius 3 is 2.50 bits per heavy atom. The molecule has 9 heteroatoms. The van der Waals surface area contributed by atoms with Crippen molar-refractivity contribution in [3.8, 4) is 11.5 Å². The maximum Gasteiger partial charge on any atom is 0.274 e. The molecule has 8 nitrogen and oxygen atoms in total. The van der Waals surface area contributed by atoms with Crippen molar-refractivity contribution in [1.29, 1.82) is 0 Å². The molecule has 0 unspecified atom stereocenters. The molecule has 2 N–H and O–H groups in total. The largest absolute Gasteiger partial charge is 0.492 e. The molecular formula is C11H16N2O6S. The van der Waals surface area contributed by atoms with E-state index in [0.717, 1.165) is 25.0 Å². The highest BCUT2D eigenvalue weighted by molar-refractivity contribution is 7.89. The summed E-state index contributed by atoms with van der Waals surface area (Å²) < 4.78 is 33.3. The molecule has 0 aromatic heterocycles. The third-order valence-electron chi connectivity index (χ3n) is 2.48. The molecule has 0 heterocycles. The van der Waals surface area contributed by atoms with Gasteiger partial charge in [-0.25, -0.2) is 13.6 Å². The molecule has 1 aromatic rings. The van der Waals surface area contributed by atoms with Crippen molar-refractivity contribution >= 4 is 15.7 Å². The normalized spacial score (nSPS) is 11.2. The molecule has 1 rings (SSSR count). The zero-order chi connectivity index (χ0) is 15.3. The van der Waals surface area contributed by atoms with E-state index in [-0.39, 0.29) is 18.1 Å². The van der Waals surface area contributed by atoms with Crippen LogP contribution < -0.4 is 14.6 Å². The van der Waals surface area contributed by atoms with Crippen LogP contribution in [-0.4, -0.2) is 27.1 Å². The minimum absolute atomic E-state index is 0.0147. The zero-order valence-corrected chi connectivity index (χ0v) is 12.0. The van der Waals surface area contributed by atoms with Crippen molar-refractivity contribution in [2.75, 3.05) is 13.7 Å². The number of unbranched alkanes of at least 4 members (excludes halogenated alkanes) is 1. The fourth-order valence-corrected chi connectivity index (χ4v) is 2.24. The van der Waals surface area contributed by atoms with Crippen molar-refractivity contribution < 1.29 is 22.8 Å². The Labute approximate surface area is 116 Å². The van der Waals surface area contributed by atoms with Gasteiger partial charge in [0, 0.05) is 6.07 Å². The van der Waals surface area contributed by atoms with E-state index in [2.05, 4.69) is 0 Å². The molecule has 20 heavy (non-hydrogen) atoms. The van der Waals surface area contributed by atoms with Gasteiger partial charge in [-0.2, -0.15) is 0 Å². The highest BCUT2D eigenvalue weighted by atomic mass is 32.2. The number of methoxy groups -OCH3 is 1. The molecule has 0 aliphatic rings. The number of sulfonamides is 1. The van der Waals surface area contributed by atoms with Crippen molar-refractivity contribution in [1.82, 2.24) is 0 Å². The van der Waals surface area contributed by atoms with Gasteiger partial charge in [-0.15, -0.1) is 0 Å². The van der Waals surface area contributed by atoms with E-state index < -0.39 is 25.5 Å². The van der Waals surface area contributed by atoms with Crippen LogP contribution in [0, 0.1) is 10.1 Å². The van der Waals surface area contributed by atoms with E-state index in [0.29, 0.717) is 0 Å². The van der Waals surface area contributed by atoms with Crippen LogP contribution in [0.25, 0.3) is 0 Å². The van der Waals surface area contributed by atoms with Crippen LogP contribution >= 0.6 is 0 Å². The minimum atomic E-state index is -4.16. The Hall–Kier alpha value is -1.87. The van der Waals surface area contributed by atoms with Crippen LogP contribution in [0.4, 0.5) is 5.69 Å². The van der Waals surface area contributed by atoms with Gasteiger partial charge in [0.1, 0.15) is 4.90 Å². The number of hydrogen-bond donors (Lipinski definition) is 1. The number of nitro benzene ring substituents is 1. The first-order valence-electron chi connectivity index (χ1n) is 5.83. The number of nitro groups is 1. The molecular weight excluding hydrogens is 288 g/mol. The smallest absolute Gasteiger partial charge is 0.274 e. The van der Waals surface area contributed by atoms with Gasteiger partial charge >= 0.3 is 0 Å². The molecule has 0 fully saturated rings. The van der Waals surface area contributed by atoms with E-state index in [4.69, 9.17) is 14.6 Å². The molecule has 0 spiro atoms. The van der Waals surface area contributed by atoms with Crippen LogP contribution in [0.2, 0.25) is 0 Å². The lowest BCUT2D eigenvalue weighted by molar-refractivity contribution is -0.385. The average Bonchev–Trinajstić information content (AvgIpc) is 2.36. The molecule has 1 aromatic carbocycles. The van der Waals surface area contributed by atoms with E-state index >= 15 is 0 Å². The van der Waals surface area contributed by atoms with Crippen molar-refractivity contribution in [2.24, 2.45) is 5.14 Å². The number of nitrogens with two attached hydrogens (primary N) is 1. The van der Waals surface area contributed by atoms with E-state index in [9.17, 15) is 18.5 Å². The molecule has 0 amide bonds. The Morgan fingerprint density at radius 1 is 1.40 bits per heavy atom. The van der Waals surface area contributed by atoms with Gasteiger partial charge in [0.05, 0.1) is 24.7 Å². The number of nitrogens with zero attached hydrogens (tertiary/aromatic N) is 1. The fraction of sp³-hybridized carbons (Fsp3) is 0.455. The summed E-state index contributed by atoms with van der Waals surface area (Å²) in [5.74, 6) is -0.145. The maximum atomic E-state index is 11.5. The van der Waals surface area contributed by atoms with Gasteiger partial charge in [-0.05, 0) is 6.42 Å². The van der Waals surface area contributed by atoms with Gasteiger partial charge in [0.2, 0.25) is 10.0 Å². The van der Waals surface area contributed by atoms with Crippen molar-refractivity contribution in [3.05, 3.63) is 22.2 Å². The monoisotopic (exact) mass is 304 g/mol. The van der Waals surface area contributed by atoms with Crippen LogP contribution in [0.15, 0.2) is 17.0 Å². The van der Waals surface area contributed by atoms with Crippen LogP contribution in [-0.2, 0) is 10.0 Å². The summed E-state index contributed by atoms with van der Waals surface area (Å²) in [7, 11) is -2.93. The Balaban J connectivity index is 3.39. The standard InChI is InChI=1S/C11H16N2O6S/c1-3-4-5-19-9-6-8(13(14)15)7-10(11(9)18-2)20(12,16)17/h6-7H,3-5H2,1-2H3,(H2,12,16,17). The van der Waals surface area contributed by atoms with E-state index in [1.54, 1.807) is 0 Å². The van der Waals surface area contributed by atoms with Crippen LogP contribution in [0.3, 0.4) is 0 Å². The second-order valence-electron chi connectivity index (χ2n) is 3.98. The number of benzene rings is 1. The quantitative estimate of drug-likeness (QED) is 0.462. The highest BCUT2D eigenvalue weighted by Crippen LogP contribution is 2.37. The summed E-state index contributed by atoms with van der Waals surface area (Å²) in [6.45, 7) is 2.24. The average molecular weight is 304 g/mol. The number of non-ortho nitro benzene ring substituents is 1. The zero-order valence-electron chi connectivity index (χ0n) is 11.2. The molecule has 0 saturated heterocycles. The summed E-state index contributed by atoms with van der Waals surface area (Å²) in [5, 5.41) is 15.9. The number of ether oxygens (including phenoxy) is 2. The Morgan fingerprint density at radius 2 is 2.05 bits per heavy atom. The first-order chi connectivity index (χ1) is 9.31. The number of rotatable bonds is 7. The first kappa shape index (κ1) is 16.2. The second kappa shape index (κ2) is 6.53. The summed E-state index contributed by atoms with van der Waals surface area (Å²) in [4.78, 5) is 9.64. The number of primary sulfonamides is 1. The lowest BCUT2D eigenvalue weighted by atomic mass is 10.2. The first-order valence-corrected chi connectivity index (χ1v) is 7.38. The van der Waals surface area contributed by atoms with E-state index in [1.165, 1.54) is 7.11 Å². The van der Waals surface area contributed by atoms with Crippen molar-refractivity contribution in [3.63, 3.8) is 0 Å². The van der Waals surface area contributed by atoms with Gasteiger partial charge in [0.15, 0.2) is 11.5 Å². The predicted octanol–water partition coefficient (Wildman–Crippen LogP) is 1.43. The summed E-state index contributed by atoms with van der Waals surface area (Å²) in [6, 6.07) is 1.96. The third kappa shape index (κ3) is 3.81. The van der Waals surface area contributed by atoms with Gasteiger partial charge in [-0.1, -0.05) is 13.3 Å². The number of hydrogen-bond acceptors (Lipinski definition) is 6. The molecule has 0 radical (unpaired) electrons. The lowest BCUT2D eigenvalue weighted by Crippen LogP contribution is -2.14. The molecule has 0 aliphatic heterocycles. The SMILES string of the molecule is CCCCOc1cc([N+](=O)[O-])cc(S(N)(=O)=O)c1OC. The highest BCUT2D eigenvalue weighted by Gasteiger charge is 2.24. The third-order valence-corrected chi connectivity index (χ3v) is 3.40. The summed E-state index contributed by atoms with van der Waals surface area (Å²) in [6.07, 6.45) is 1.58.